The Labute approximate surface area is 84.3 Å². The van der Waals surface area contributed by atoms with Crippen LogP contribution in [-0.2, 0) is 11.2 Å². The molecule has 0 heterocycles. The van der Waals surface area contributed by atoms with Gasteiger partial charge >= 0.3 is 0 Å². The van der Waals surface area contributed by atoms with E-state index in [1.807, 2.05) is 24.3 Å². The maximum Gasteiger partial charge on any atom is 0.241 e. The van der Waals surface area contributed by atoms with Gasteiger partial charge in [-0.05, 0) is 25.0 Å². The van der Waals surface area contributed by atoms with Crippen molar-refractivity contribution >= 4 is 11.6 Å². The van der Waals surface area contributed by atoms with Gasteiger partial charge in [-0.2, -0.15) is 0 Å². The quantitative estimate of drug-likeness (QED) is 0.763. The smallest absolute Gasteiger partial charge is 0.241 e. The summed E-state index contributed by atoms with van der Waals surface area (Å²) < 4.78 is 0. The molecule has 0 fully saturated rings. The Balaban J connectivity index is 2.80. The first-order chi connectivity index (χ1) is 6.65. The molecule has 0 aliphatic heterocycles. The van der Waals surface area contributed by atoms with Gasteiger partial charge in [-0.1, -0.05) is 25.1 Å². The van der Waals surface area contributed by atoms with E-state index in [2.05, 4.69) is 12.2 Å². The number of anilines is 1. The molecular weight excluding hydrogens is 176 g/mol. The standard InChI is InChI=1S/C11H16N2O/c1-3-9-6-4-5-7-10(9)13-11(14)8(2)12/h4-8H,3,12H2,1-2H3,(H,13,14)/t8-/m1/s1. The summed E-state index contributed by atoms with van der Waals surface area (Å²) >= 11 is 0. The lowest BCUT2D eigenvalue weighted by Gasteiger charge is -2.11. The largest absolute Gasteiger partial charge is 0.324 e. The van der Waals surface area contributed by atoms with Crippen LogP contribution in [0.3, 0.4) is 0 Å². The zero-order chi connectivity index (χ0) is 10.6. The molecule has 0 radical (unpaired) electrons. The number of amides is 1. The number of nitrogens with one attached hydrogen (secondary N) is 1. The summed E-state index contributed by atoms with van der Waals surface area (Å²) in [5, 5.41) is 2.80. The first-order valence-corrected chi connectivity index (χ1v) is 4.79. The summed E-state index contributed by atoms with van der Waals surface area (Å²) in [5.41, 5.74) is 7.45. The first kappa shape index (κ1) is 10.7. The fourth-order valence-electron chi connectivity index (χ4n) is 1.20. The Hall–Kier alpha value is -1.35. The molecule has 0 bridgehead atoms. The average molecular weight is 192 g/mol. The van der Waals surface area contributed by atoms with E-state index < -0.39 is 6.04 Å². The summed E-state index contributed by atoms with van der Waals surface area (Å²) in [5.74, 6) is -0.147. The highest BCUT2D eigenvalue weighted by Crippen LogP contribution is 2.15. The van der Waals surface area contributed by atoms with E-state index in [-0.39, 0.29) is 5.91 Å². The van der Waals surface area contributed by atoms with Crippen molar-refractivity contribution in [2.45, 2.75) is 26.3 Å². The molecular formula is C11H16N2O. The number of carbonyl (C=O) groups is 1. The molecule has 0 aliphatic carbocycles. The van der Waals surface area contributed by atoms with E-state index in [1.165, 1.54) is 0 Å². The van der Waals surface area contributed by atoms with Crippen molar-refractivity contribution < 1.29 is 4.79 Å². The van der Waals surface area contributed by atoms with Gasteiger partial charge in [-0.3, -0.25) is 4.79 Å². The van der Waals surface area contributed by atoms with Gasteiger partial charge < -0.3 is 11.1 Å². The van der Waals surface area contributed by atoms with Gasteiger partial charge in [-0.25, -0.2) is 0 Å². The molecule has 76 valence electrons. The van der Waals surface area contributed by atoms with Crippen molar-refractivity contribution in [3.63, 3.8) is 0 Å². The third-order valence-corrected chi connectivity index (χ3v) is 2.07. The Morgan fingerprint density at radius 3 is 2.71 bits per heavy atom. The van der Waals surface area contributed by atoms with Crippen molar-refractivity contribution in [2.24, 2.45) is 5.73 Å². The van der Waals surface area contributed by atoms with Crippen LogP contribution in [0.2, 0.25) is 0 Å². The van der Waals surface area contributed by atoms with E-state index in [0.29, 0.717) is 0 Å². The fourth-order valence-corrected chi connectivity index (χ4v) is 1.20. The van der Waals surface area contributed by atoms with Crippen LogP contribution in [0.25, 0.3) is 0 Å². The predicted molar refractivity (Wildman–Crippen MR) is 58.1 cm³/mol. The lowest BCUT2D eigenvalue weighted by atomic mass is 10.1. The van der Waals surface area contributed by atoms with Crippen LogP contribution < -0.4 is 11.1 Å². The molecule has 3 heteroatoms. The Bertz CT molecular complexity index is 321. The van der Waals surface area contributed by atoms with Gasteiger partial charge in [0, 0.05) is 5.69 Å². The molecule has 1 aromatic carbocycles. The number of nitrogens with two attached hydrogens (primary N) is 1. The van der Waals surface area contributed by atoms with E-state index in [0.717, 1.165) is 17.7 Å². The molecule has 1 aromatic rings. The molecule has 0 aliphatic rings. The van der Waals surface area contributed by atoms with Crippen molar-refractivity contribution in [2.75, 3.05) is 5.32 Å². The third-order valence-electron chi connectivity index (χ3n) is 2.07. The van der Waals surface area contributed by atoms with Crippen molar-refractivity contribution in [1.82, 2.24) is 0 Å². The molecule has 1 amide bonds. The van der Waals surface area contributed by atoms with Gasteiger partial charge in [-0.15, -0.1) is 0 Å². The predicted octanol–water partition coefficient (Wildman–Crippen LogP) is 1.53. The second kappa shape index (κ2) is 4.77. The Morgan fingerprint density at radius 2 is 2.14 bits per heavy atom. The van der Waals surface area contributed by atoms with Gasteiger partial charge in [0.25, 0.3) is 0 Å². The third kappa shape index (κ3) is 2.57. The number of carbonyl (C=O) groups excluding carboxylic acids is 1. The summed E-state index contributed by atoms with van der Waals surface area (Å²) in [6.07, 6.45) is 0.898. The normalized spacial score (nSPS) is 12.2. The Morgan fingerprint density at radius 1 is 1.50 bits per heavy atom. The van der Waals surface area contributed by atoms with Crippen molar-refractivity contribution in [1.29, 1.82) is 0 Å². The zero-order valence-corrected chi connectivity index (χ0v) is 8.58. The SMILES string of the molecule is CCc1ccccc1NC(=O)[C@@H](C)N. The van der Waals surface area contributed by atoms with E-state index in [4.69, 9.17) is 5.73 Å². The van der Waals surface area contributed by atoms with Crippen molar-refractivity contribution in [3.05, 3.63) is 29.8 Å². The lowest BCUT2D eigenvalue weighted by Crippen LogP contribution is -2.32. The van der Waals surface area contributed by atoms with E-state index in [1.54, 1.807) is 6.92 Å². The van der Waals surface area contributed by atoms with Crippen molar-refractivity contribution in [3.8, 4) is 0 Å². The molecule has 3 N–H and O–H groups in total. The highest BCUT2D eigenvalue weighted by Gasteiger charge is 2.08. The van der Waals surface area contributed by atoms with Crippen LogP contribution in [0.4, 0.5) is 5.69 Å². The number of para-hydroxylation sites is 1. The van der Waals surface area contributed by atoms with Crippen LogP contribution >= 0.6 is 0 Å². The summed E-state index contributed by atoms with van der Waals surface area (Å²) in [4.78, 5) is 11.3. The molecule has 1 rings (SSSR count). The molecule has 0 aromatic heterocycles. The first-order valence-electron chi connectivity index (χ1n) is 4.79. The van der Waals surface area contributed by atoms with Gasteiger partial charge in [0.15, 0.2) is 0 Å². The van der Waals surface area contributed by atoms with Crippen LogP contribution in [0.5, 0.6) is 0 Å². The number of hydrogen-bond donors (Lipinski definition) is 2. The highest BCUT2D eigenvalue weighted by atomic mass is 16.2. The van der Waals surface area contributed by atoms with Crippen LogP contribution in [0, 0.1) is 0 Å². The van der Waals surface area contributed by atoms with Crippen LogP contribution in [-0.4, -0.2) is 11.9 Å². The highest BCUT2D eigenvalue weighted by molar-refractivity contribution is 5.94. The number of rotatable bonds is 3. The summed E-state index contributed by atoms with van der Waals surface area (Å²) in [7, 11) is 0. The maximum absolute atomic E-state index is 11.3. The minimum atomic E-state index is -0.472. The number of benzene rings is 1. The molecule has 1 atom stereocenters. The number of aryl methyl sites for hydroxylation is 1. The second-order valence-corrected chi connectivity index (χ2v) is 3.29. The minimum Gasteiger partial charge on any atom is -0.324 e. The Kier molecular flexibility index (Phi) is 3.65. The zero-order valence-electron chi connectivity index (χ0n) is 8.58. The minimum absolute atomic E-state index is 0.147. The lowest BCUT2D eigenvalue weighted by molar-refractivity contribution is -0.117. The van der Waals surface area contributed by atoms with Gasteiger partial charge in [0.2, 0.25) is 5.91 Å². The summed E-state index contributed by atoms with van der Waals surface area (Å²) in [6.45, 7) is 3.72. The summed E-state index contributed by atoms with van der Waals surface area (Å²) in [6, 6.07) is 7.27. The molecule has 0 spiro atoms. The molecule has 14 heavy (non-hydrogen) atoms. The maximum atomic E-state index is 11.3. The average Bonchev–Trinajstić information content (AvgIpc) is 2.18. The van der Waals surface area contributed by atoms with Gasteiger partial charge in [0.1, 0.15) is 0 Å². The van der Waals surface area contributed by atoms with Gasteiger partial charge in [0.05, 0.1) is 6.04 Å². The van der Waals surface area contributed by atoms with E-state index in [9.17, 15) is 4.79 Å². The second-order valence-electron chi connectivity index (χ2n) is 3.29. The van der Waals surface area contributed by atoms with E-state index >= 15 is 0 Å². The fraction of sp³-hybridized carbons (Fsp3) is 0.364. The topological polar surface area (TPSA) is 55.1 Å². The molecule has 0 saturated carbocycles. The van der Waals surface area contributed by atoms with Crippen LogP contribution in [0.15, 0.2) is 24.3 Å². The molecule has 3 nitrogen and oxygen atoms in total. The monoisotopic (exact) mass is 192 g/mol. The van der Waals surface area contributed by atoms with Crippen LogP contribution in [0.1, 0.15) is 19.4 Å². The number of hydrogen-bond acceptors (Lipinski definition) is 2. The molecule has 0 saturated heterocycles. The molecule has 0 unspecified atom stereocenters.